The zero-order valence-corrected chi connectivity index (χ0v) is 18.1. The third-order valence-electron chi connectivity index (χ3n) is 5.14. The molecular formula is C24H25N5O2. The van der Waals surface area contributed by atoms with E-state index in [9.17, 15) is 4.79 Å². The molecule has 2 aromatic heterocycles. The van der Waals surface area contributed by atoms with Gasteiger partial charge in [0.1, 0.15) is 0 Å². The Morgan fingerprint density at radius 2 is 1.81 bits per heavy atom. The van der Waals surface area contributed by atoms with Crippen molar-refractivity contribution in [2.24, 2.45) is 0 Å². The van der Waals surface area contributed by atoms with Crippen LogP contribution in [0, 0.1) is 6.92 Å². The van der Waals surface area contributed by atoms with E-state index in [4.69, 9.17) is 4.52 Å². The minimum atomic E-state index is -0.184. The number of carbonyl (C=O) groups excluding carboxylic acids is 1. The number of nitrogens with zero attached hydrogens (tertiary/aromatic N) is 4. The fourth-order valence-electron chi connectivity index (χ4n) is 3.24. The van der Waals surface area contributed by atoms with Crippen LogP contribution in [-0.4, -0.2) is 25.8 Å². The van der Waals surface area contributed by atoms with E-state index in [1.54, 1.807) is 10.9 Å². The molecule has 7 nitrogen and oxygen atoms in total. The predicted octanol–water partition coefficient (Wildman–Crippen LogP) is 5.17. The van der Waals surface area contributed by atoms with Gasteiger partial charge in [0.25, 0.3) is 5.91 Å². The smallest absolute Gasteiger partial charge is 0.259 e. The number of rotatable bonds is 6. The minimum absolute atomic E-state index is 0.184. The number of aryl methyl sites for hydroxylation is 2. The molecule has 0 radical (unpaired) electrons. The molecule has 4 rings (SSSR count). The molecule has 158 valence electrons. The van der Waals surface area contributed by atoms with Gasteiger partial charge in [0, 0.05) is 23.9 Å². The van der Waals surface area contributed by atoms with Crippen molar-refractivity contribution >= 4 is 11.6 Å². The van der Waals surface area contributed by atoms with Crippen LogP contribution in [0.4, 0.5) is 5.69 Å². The molecule has 1 amide bonds. The van der Waals surface area contributed by atoms with E-state index in [-0.39, 0.29) is 5.91 Å². The summed E-state index contributed by atoms with van der Waals surface area (Å²) in [4.78, 5) is 17.1. The first-order valence-electron chi connectivity index (χ1n) is 10.4. The van der Waals surface area contributed by atoms with Crippen LogP contribution >= 0.6 is 0 Å². The van der Waals surface area contributed by atoms with Gasteiger partial charge in [-0.3, -0.25) is 4.79 Å². The third-order valence-corrected chi connectivity index (χ3v) is 5.14. The first kappa shape index (κ1) is 20.5. The van der Waals surface area contributed by atoms with Crippen LogP contribution in [0.25, 0.3) is 17.1 Å². The molecule has 0 saturated carbocycles. The lowest BCUT2D eigenvalue weighted by Crippen LogP contribution is -2.12. The van der Waals surface area contributed by atoms with Crippen LogP contribution in [0.3, 0.4) is 0 Å². The van der Waals surface area contributed by atoms with Gasteiger partial charge in [-0.1, -0.05) is 38.1 Å². The number of hydrogen-bond acceptors (Lipinski definition) is 5. The lowest BCUT2D eigenvalue weighted by Gasteiger charge is -2.08. The van der Waals surface area contributed by atoms with Gasteiger partial charge in [-0.25, -0.2) is 4.68 Å². The van der Waals surface area contributed by atoms with Crippen molar-refractivity contribution in [3.8, 4) is 17.1 Å². The summed E-state index contributed by atoms with van der Waals surface area (Å²) in [5, 5.41) is 11.5. The van der Waals surface area contributed by atoms with Gasteiger partial charge in [-0.05, 0) is 54.8 Å². The zero-order chi connectivity index (χ0) is 22.0. The fourth-order valence-corrected chi connectivity index (χ4v) is 3.24. The molecule has 2 heterocycles. The van der Waals surface area contributed by atoms with Gasteiger partial charge < -0.3 is 9.84 Å². The molecule has 0 atom stereocenters. The van der Waals surface area contributed by atoms with Crippen molar-refractivity contribution in [3.63, 3.8) is 0 Å². The van der Waals surface area contributed by atoms with Crippen molar-refractivity contribution < 1.29 is 9.32 Å². The Bertz CT molecular complexity index is 1190. The Morgan fingerprint density at radius 1 is 1.10 bits per heavy atom. The molecule has 0 unspecified atom stereocenters. The Hall–Kier alpha value is -3.74. The predicted molar refractivity (Wildman–Crippen MR) is 119 cm³/mol. The maximum atomic E-state index is 12.8. The van der Waals surface area contributed by atoms with Crippen molar-refractivity contribution in [2.75, 3.05) is 5.32 Å². The minimum Gasteiger partial charge on any atom is -0.339 e. The largest absolute Gasteiger partial charge is 0.339 e. The van der Waals surface area contributed by atoms with Gasteiger partial charge in [-0.15, -0.1) is 0 Å². The summed E-state index contributed by atoms with van der Waals surface area (Å²) in [6, 6.07) is 15.6. The summed E-state index contributed by atoms with van der Waals surface area (Å²) < 4.78 is 6.87. The summed E-state index contributed by atoms with van der Waals surface area (Å²) >= 11 is 0. The van der Waals surface area contributed by atoms with Crippen molar-refractivity contribution in [1.82, 2.24) is 19.9 Å². The Morgan fingerprint density at radius 3 is 2.42 bits per heavy atom. The average molecular weight is 415 g/mol. The molecule has 1 N–H and O–H groups in total. The molecule has 0 aliphatic heterocycles. The van der Waals surface area contributed by atoms with Crippen molar-refractivity contribution in [1.29, 1.82) is 0 Å². The van der Waals surface area contributed by atoms with E-state index in [0.717, 1.165) is 16.9 Å². The lowest BCUT2D eigenvalue weighted by atomic mass is 10.0. The van der Waals surface area contributed by atoms with Crippen LogP contribution in [-0.2, 0) is 6.42 Å². The van der Waals surface area contributed by atoms with E-state index < -0.39 is 0 Å². The second-order valence-electron chi connectivity index (χ2n) is 7.72. The molecular weight excluding hydrogens is 390 g/mol. The van der Waals surface area contributed by atoms with E-state index in [0.29, 0.717) is 35.3 Å². The molecule has 0 fully saturated rings. The highest BCUT2D eigenvalue weighted by molar-refractivity contribution is 6.04. The topological polar surface area (TPSA) is 85.8 Å². The maximum Gasteiger partial charge on any atom is 0.259 e. The Balaban J connectivity index is 1.50. The normalized spacial score (nSPS) is 11.1. The fraction of sp³-hybridized carbons (Fsp3) is 0.250. The van der Waals surface area contributed by atoms with Crippen molar-refractivity contribution in [3.05, 3.63) is 77.4 Å². The molecule has 2 aromatic carbocycles. The van der Waals surface area contributed by atoms with Gasteiger partial charge in [0.15, 0.2) is 0 Å². The highest BCUT2D eigenvalue weighted by atomic mass is 16.5. The van der Waals surface area contributed by atoms with Crippen LogP contribution in [0.5, 0.6) is 0 Å². The Labute approximate surface area is 181 Å². The highest BCUT2D eigenvalue weighted by Gasteiger charge is 2.15. The van der Waals surface area contributed by atoms with Crippen LogP contribution in [0.2, 0.25) is 0 Å². The number of nitrogens with one attached hydrogen (secondary N) is 1. The van der Waals surface area contributed by atoms with Gasteiger partial charge in [0.2, 0.25) is 11.7 Å². The van der Waals surface area contributed by atoms with Crippen LogP contribution in [0.1, 0.15) is 54.2 Å². The average Bonchev–Trinajstić information content (AvgIpc) is 3.41. The molecule has 4 aromatic rings. The van der Waals surface area contributed by atoms with Gasteiger partial charge >= 0.3 is 0 Å². The summed E-state index contributed by atoms with van der Waals surface area (Å²) in [5.41, 5.74) is 4.88. The molecule has 0 aliphatic rings. The molecule has 0 saturated heterocycles. The first-order valence-corrected chi connectivity index (χ1v) is 10.4. The van der Waals surface area contributed by atoms with Crippen LogP contribution in [0.15, 0.2) is 59.3 Å². The SMILES string of the molecule is CCc1nc(-c2ccc(-n3cc(C(=O)Nc4ccc(C(C)C)cc4)c(C)n3)cc2)no1. The summed E-state index contributed by atoms with van der Waals surface area (Å²) in [7, 11) is 0. The highest BCUT2D eigenvalue weighted by Crippen LogP contribution is 2.21. The van der Waals surface area contributed by atoms with Gasteiger partial charge in [0.05, 0.1) is 16.9 Å². The van der Waals surface area contributed by atoms with Crippen LogP contribution < -0.4 is 5.32 Å². The van der Waals surface area contributed by atoms with Crippen molar-refractivity contribution in [2.45, 2.75) is 40.0 Å². The molecule has 31 heavy (non-hydrogen) atoms. The first-order chi connectivity index (χ1) is 14.9. The quantitative estimate of drug-likeness (QED) is 0.470. The number of aromatic nitrogens is 4. The molecule has 0 aliphatic carbocycles. The molecule has 0 spiro atoms. The van der Waals surface area contributed by atoms with E-state index >= 15 is 0 Å². The maximum absolute atomic E-state index is 12.8. The van der Waals surface area contributed by atoms with E-state index in [1.807, 2.05) is 62.4 Å². The van der Waals surface area contributed by atoms with Gasteiger partial charge in [-0.2, -0.15) is 10.1 Å². The monoisotopic (exact) mass is 415 g/mol. The second-order valence-corrected chi connectivity index (χ2v) is 7.72. The Kier molecular flexibility index (Phi) is 5.66. The summed E-state index contributed by atoms with van der Waals surface area (Å²) in [6.07, 6.45) is 2.44. The second kappa shape index (κ2) is 8.55. The number of carbonyl (C=O) groups is 1. The summed E-state index contributed by atoms with van der Waals surface area (Å²) in [5.74, 6) is 1.43. The number of amides is 1. The van der Waals surface area contributed by atoms with E-state index in [1.165, 1.54) is 5.56 Å². The number of benzene rings is 2. The molecule has 0 bridgehead atoms. The zero-order valence-electron chi connectivity index (χ0n) is 18.1. The molecule has 7 heteroatoms. The lowest BCUT2D eigenvalue weighted by molar-refractivity contribution is 0.102. The standard InChI is InChI=1S/C24H25N5O2/c1-5-22-26-23(28-31-22)18-8-12-20(13-9-18)29-14-21(16(4)27-29)24(30)25-19-10-6-17(7-11-19)15(2)3/h6-15H,5H2,1-4H3,(H,25,30). The third kappa shape index (κ3) is 4.40. The van der Waals surface area contributed by atoms with E-state index in [2.05, 4.69) is 34.4 Å². The summed E-state index contributed by atoms with van der Waals surface area (Å²) in [6.45, 7) is 8.08. The number of hydrogen-bond donors (Lipinski definition) is 1. The number of anilines is 1.